The van der Waals surface area contributed by atoms with Gasteiger partial charge in [0.1, 0.15) is 5.75 Å². The Morgan fingerprint density at radius 1 is 0.960 bits per heavy atom. The van der Waals surface area contributed by atoms with Crippen LogP contribution in [0.3, 0.4) is 0 Å². The number of benzene rings is 1. The SMILES string of the molecule is COc1cc(C#N)ccc1N(Cc1ccccn1)Cc1ccccn1. The maximum Gasteiger partial charge on any atom is 0.143 e. The lowest BCUT2D eigenvalue weighted by molar-refractivity contribution is 0.413. The van der Waals surface area contributed by atoms with Crippen LogP contribution in [-0.2, 0) is 13.1 Å². The van der Waals surface area contributed by atoms with Crippen LogP contribution in [-0.4, -0.2) is 17.1 Å². The summed E-state index contributed by atoms with van der Waals surface area (Å²) < 4.78 is 5.51. The number of nitrogens with zero attached hydrogens (tertiary/aromatic N) is 4. The third-order valence-electron chi connectivity index (χ3n) is 3.81. The van der Waals surface area contributed by atoms with Gasteiger partial charge in [0.05, 0.1) is 48.9 Å². The molecule has 1 aromatic carbocycles. The Morgan fingerprint density at radius 2 is 1.60 bits per heavy atom. The molecule has 3 rings (SSSR count). The Bertz CT molecular complexity index is 818. The van der Waals surface area contributed by atoms with E-state index in [0.29, 0.717) is 24.4 Å². The van der Waals surface area contributed by atoms with Crippen molar-refractivity contribution in [1.29, 1.82) is 5.26 Å². The van der Waals surface area contributed by atoms with Crippen LogP contribution in [0.4, 0.5) is 5.69 Å². The van der Waals surface area contributed by atoms with E-state index in [0.717, 1.165) is 17.1 Å². The summed E-state index contributed by atoms with van der Waals surface area (Å²) in [7, 11) is 1.61. The Balaban J connectivity index is 1.97. The van der Waals surface area contributed by atoms with E-state index in [4.69, 9.17) is 10.00 Å². The highest BCUT2D eigenvalue weighted by molar-refractivity contribution is 5.61. The molecule has 0 amide bonds. The van der Waals surface area contributed by atoms with Crippen molar-refractivity contribution in [3.8, 4) is 11.8 Å². The van der Waals surface area contributed by atoms with Gasteiger partial charge in [0.25, 0.3) is 0 Å². The Hall–Kier alpha value is -3.39. The average Bonchev–Trinajstić information content (AvgIpc) is 2.68. The van der Waals surface area contributed by atoms with Crippen molar-refractivity contribution in [1.82, 2.24) is 9.97 Å². The van der Waals surface area contributed by atoms with Crippen LogP contribution < -0.4 is 9.64 Å². The van der Waals surface area contributed by atoms with Gasteiger partial charge in [-0.05, 0) is 36.4 Å². The summed E-state index contributed by atoms with van der Waals surface area (Å²) in [6.07, 6.45) is 3.56. The molecule has 0 aliphatic rings. The molecule has 124 valence electrons. The smallest absolute Gasteiger partial charge is 0.143 e. The van der Waals surface area contributed by atoms with Gasteiger partial charge in [0, 0.05) is 18.5 Å². The fourth-order valence-corrected chi connectivity index (χ4v) is 2.61. The molecule has 0 spiro atoms. The first-order valence-electron chi connectivity index (χ1n) is 7.93. The number of ether oxygens (including phenoxy) is 1. The summed E-state index contributed by atoms with van der Waals surface area (Å²) in [6.45, 7) is 1.22. The van der Waals surface area contributed by atoms with Gasteiger partial charge in [0.15, 0.2) is 0 Å². The van der Waals surface area contributed by atoms with Gasteiger partial charge in [-0.2, -0.15) is 5.26 Å². The first kappa shape index (κ1) is 16.5. The Kier molecular flexibility index (Phi) is 5.22. The van der Waals surface area contributed by atoms with Gasteiger partial charge in [-0.15, -0.1) is 0 Å². The van der Waals surface area contributed by atoms with Crippen molar-refractivity contribution in [2.75, 3.05) is 12.0 Å². The summed E-state index contributed by atoms with van der Waals surface area (Å²) in [5.41, 5.74) is 3.36. The largest absolute Gasteiger partial charge is 0.495 e. The van der Waals surface area contributed by atoms with E-state index in [9.17, 15) is 0 Å². The first-order valence-corrected chi connectivity index (χ1v) is 7.93. The number of hydrogen-bond acceptors (Lipinski definition) is 5. The number of pyridine rings is 2. The molecule has 0 saturated carbocycles. The highest BCUT2D eigenvalue weighted by atomic mass is 16.5. The van der Waals surface area contributed by atoms with E-state index in [2.05, 4.69) is 20.9 Å². The average molecular weight is 330 g/mol. The molecule has 0 radical (unpaired) electrons. The molecule has 0 saturated heterocycles. The number of anilines is 1. The quantitative estimate of drug-likeness (QED) is 0.691. The number of nitriles is 1. The highest BCUT2D eigenvalue weighted by Gasteiger charge is 2.15. The van der Waals surface area contributed by atoms with Crippen LogP contribution in [0.1, 0.15) is 17.0 Å². The van der Waals surface area contributed by atoms with Gasteiger partial charge in [-0.25, -0.2) is 0 Å². The molecule has 3 aromatic rings. The molecule has 0 bridgehead atoms. The molecule has 0 aliphatic heterocycles. The third kappa shape index (κ3) is 4.12. The van der Waals surface area contributed by atoms with E-state index in [1.165, 1.54) is 0 Å². The van der Waals surface area contributed by atoms with Gasteiger partial charge in [-0.1, -0.05) is 12.1 Å². The molecule has 0 aliphatic carbocycles. The lowest BCUT2D eigenvalue weighted by Gasteiger charge is -2.26. The maximum absolute atomic E-state index is 9.12. The van der Waals surface area contributed by atoms with Crippen molar-refractivity contribution in [3.05, 3.63) is 83.9 Å². The normalized spacial score (nSPS) is 10.1. The monoisotopic (exact) mass is 330 g/mol. The zero-order chi connectivity index (χ0) is 17.5. The molecule has 5 nitrogen and oxygen atoms in total. The second-order valence-corrected chi connectivity index (χ2v) is 5.50. The van der Waals surface area contributed by atoms with Crippen LogP contribution in [0.25, 0.3) is 0 Å². The zero-order valence-corrected chi connectivity index (χ0v) is 14.0. The second kappa shape index (κ2) is 7.93. The predicted molar refractivity (Wildman–Crippen MR) is 96.1 cm³/mol. The number of aromatic nitrogens is 2. The topological polar surface area (TPSA) is 62.0 Å². The molecule has 2 aromatic heterocycles. The lowest BCUT2D eigenvalue weighted by Crippen LogP contribution is -2.23. The van der Waals surface area contributed by atoms with Crippen LogP contribution in [0.15, 0.2) is 67.0 Å². The van der Waals surface area contributed by atoms with E-state index in [-0.39, 0.29) is 0 Å². The van der Waals surface area contributed by atoms with Crippen LogP contribution >= 0.6 is 0 Å². The molecular weight excluding hydrogens is 312 g/mol. The van der Waals surface area contributed by atoms with Crippen molar-refractivity contribution >= 4 is 5.69 Å². The Morgan fingerprint density at radius 3 is 2.08 bits per heavy atom. The summed E-state index contributed by atoms with van der Waals surface area (Å²) in [6, 6.07) is 19.3. The minimum atomic E-state index is 0.566. The third-order valence-corrected chi connectivity index (χ3v) is 3.81. The maximum atomic E-state index is 9.12. The fourth-order valence-electron chi connectivity index (χ4n) is 2.61. The molecule has 25 heavy (non-hydrogen) atoms. The Labute approximate surface area is 147 Å². The second-order valence-electron chi connectivity index (χ2n) is 5.50. The molecule has 2 heterocycles. The zero-order valence-electron chi connectivity index (χ0n) is 14.0. The lowest BCUT2D eigenvalue weighted by atomic mass is 10.1. The molecule has 5 heteroatoms. The van der Waals surface area contributed by atoms with Crippen molar-refractivity contribution in [3.63, 3.8) is 0 Å². The standard InChI is InChI=1S/C20H18N4O/c1-25-20-12-16(13-21)8-9-19(20)24(14-17-6-2-4-10-22-17)15-18-7-3-5-11-23-18/h2-12H,14-15H2,1H3. The van der Waals surface area contributed by atoms with Crippen LogP contribution in [0, 0.1) is 11.3 Å². The minimum absolute atomic E-state index is 0.566. The first-order chi connectivity index (χ1) is 12.3. The molecule has 0 N–H and O–H groups in total. The summed E-state index contributed by atoms with van der Waals surface area (Å²) in [5.74, 6) is 0.658. The van der Waals surface area contributed by atoms with Crippen LogP contribution in [0.5, 0.6) is 5.75 Å². The van der Waals surface area contributed by atoms with E-state index >= 15 is 0 Å². The van der Waals surface area contributed by atoms with Gasteiger partial charge >= 0.3 is 0 Å². The minimum Gasteiger partial charge on any atom is -0.495 e. The summed E-state index contributed by atoms with van der Waals surface area (Å²) >= 11 is 0. The summed E-state index contributed by atoms with van der Waals surface area (Å²) in [5, 5.41) is 9.12. The molecule has 0 fully saturated rings. The van der Waals surface area contributed by atoms with E-state index in [1.807, 2.05) is 42.5 Å². The van der Waals surface area contributed by atoms with Crippen LogP contribution in [0.2, 0.25) is 0 Å². The summed E-state index contributed by atoms with van der Waals surface area (Å²) in [4.78, 5) is 11.0. The van der Waals surface area contributed by atoms with Gasteiger partial charge < -0.3 is 9.64 Å². The highest BCUT2D eigenvalue weighted by Crippen LogP contribution is 2.31. The van der Waals surface area contributed by atoms with E-state index < -0.39 is 0 Å². The van der Waals surface area contributed by atoms with Gasteiger partial charge in [0.2, 0.25) is 0 Å². The predicted octanol–water partition coefficient (Wildman–Crippen LogP) is 3.56. The van der Waals surface area contributed by atoms with Crippen molar-refractivity contribution in [2.45, 2.75) is 13.1 Å². The fraction of sp³-hybridized carbons (Fsp3) is 0.150. The van der Waals surface area contributed by atoms with Gasteiger partial charge in [-0.3, -0.25) is 9.97 Å². The van der Waals surface area contributed by atoms with Crippen molar-refractivity contribution in [2.24, 2.45) is 0 Å². The molecule has 0 unspecified atom stereocenters. The van der Waals surface area contributed by atoms with E-state index in [1.54, 1.807) is 31.6 Å². The molecular formula is C20H18N4O. The molecule has 0 atom stereocenters. The number of hydrogen-bond donors (Lipinski definition) is 0. The van der Waals surface area contributed by atoms with Crippen molar-refractivity contribution < 1.29 is 4.74 Å². The number of rotatable bonds is 6. The number of methoxy groups -OCH3 is 1.